The third kappa shape index (κ3) is 10.1. The lowest BCUT2D eigenvalue weighted by Gasteiger charge is -2.32. The second-order valence-electron chi connectivity index (χ2n) is 19.6. The Labute approximate surface area is 464 Å². The van der Waals surface area contributed by atoms with Crippen LogP contribution in [0.5, 0.6) is 0 Å². The minimum atomic E-state index is -0.353. The van der Waals surface area contributed by atoms with E-state index in [1.807, 2.05) is 6.07 Å². The fourth-order valence-electron chi connectivity index (χ4n) is 9.81. The Morgan fingerprint density at radius 1 is 0.351 bits per heavy atom. The Hall–Kier alpha value is -6.53. The Morgan fingerprint density at radius 2 is 0.743 bits per heavy atom. The maximum atomic E-state index is 6.27. The van der Waals surface area contributed by atoms with Crippen molar-refractivity contribution in [2.75, 3.05) is 0 Å². The molecular weight excluding hydrogens is 1150 g/mol. The third-order valence-corrected chi connectivity index (χ3v) is 16.0. The summed E-state index contributed by atoms with van der Waals surface area (Å²) >= 11 is 9.29. The van der Waals surface area contributed by atoms with Crippen LogP contribution >= 0.6 is 54.5 Å². The summed E-state index contributed by atoms with van der Waals surface area (Å²) in [5, 5.41) is 5.00. The SMILES string of the molecule is Brc1ccc(-c2cccc(-c3ccc4c(c3)c3ccccc3n4-c3ccccc3)c2)cc1.Brc1ccc(-c2cccc(I)c2)cc1.CC1(C)OB(c2ccc3c(c2)c2ccccc2n3-c2ccccc2)OC1(C)C. The van der Waals surface area contributed by atoms with E-state index in [9.17, 15) is 0 Å². The van der Waals surface area contributed by atoms with Crippen LogP contribution in [0.4, 0.5) is 0 Å². The Bertz CT molecular complexity index is 3930. The average Bonchev–Trinajstić information content (AvgIpc) is 4.03. The summed E-state index contributed by atoms with van der Waals surface area (Å²) in [6.45, 7) is 8.36. The summed E-state index contributed by atoms with van der Waals surface area (Å²) in [5.74, 6) is 0. The maximum Gasteiger partial charge on any atom is 0.494 e. The fourth-order valence-corrected chi connectivity index (χ4v) is 10.9. The molecule has 362 valence electrons. The predicted octanol–water partition coefficient (Wildman–Crippen LogP) is 18.7. The predicted molar refractivity (Wildman–Crippen MR) is 328 cm³/mol. The number of nitrogens with zero attached hydrogens (tertiary/aromatic N) is 2. The Morgan fingerprint density at radius 3 is 1.26 bits per heavy atom. The van der Waals surface area contributed by atoms with Gasteiger partial charge in [0.2, 0.25) is 0 Å². The minimum absolute atomic E-state index is 0.343. The summed E-state index contributed by atoms with van der Waals surface area (Å²) < 4.78 is 20.7. The summed E-state index contributed by atoms with van der Waals surface area (Å²) in [6, 6.07) is 85.8. The molecule has 74 heavy (non-hydrogen) atoms. The highest BCUT2D eigenvalue weighted by molar-refractivity contribution is 14.1. The van der Waals surface area contributed by atoms with Crippen LogP contribution in [-0.4, -0.2) is 27.5 Å². The van der Waals surface area contributed by atoms with E-state index >= 15 is 0 Å². The van der Waals surface area contributed by atoms with Gasteiger partial charge < -0.3 is 18.4 Å². The van der Waals surface area contributed by atoms with Crippen LogP contribution in [-0.2, 0) is 9.31 Å². The number of benzene rings is 10. The molecule has 1 aliphatic rings. The molecule has 2 aromatic heterocycles. The molecule has 0 saturated carbocycles. The van der Waals surface area contributed by atoms with Crippen molar-refractivity contribution < 1.29 is 9.31 Å². The number of aromatic nitrogens is 2. The first-order valence-electron chi connectivity index (χ1n) is 24.8. The van der Waals surface area contributed by atoms with Crippen LogP contribution in [0.15, 0.2) is 252 Å². The van der Waals surface area contributed by atoms with Gasteiger partial charge in [-0.25, -0.2) is 0 Å². The van der Waals surface area contributed by atoms with Crippen LogP contribution in [0.2, 0.25) is 0 Å². The number of hydrogen-bond acceptors (Lipinski definition) is 2. The van der Waals surface area contributed by atoms with Crippen molar-refractivity contribution >= 4 is 111 Å². The van der Waals surface area contributed by atoms with Crippen molar-refractivity contribution in [2.24, 2.45) is 0 Å². The molecule has 1 aliphatic heterocycles. The molecule has 1 fully saturated rings. The Kier molecular flexibility index (Phi) is 14.1. The number of para-hydroxylation sites is 4. The second-order valence-corrected chi connectivity index (χ2v) is 22.7. The standard InChI is InChI=1S/C30H20BrN.C24H24BNO2.C12H8BrI/c31-25-16-13-21(14-17-25)22-7-6-8-23(19-22)24-15-18-30-28(20-24)27-11-4-5-12-29(27)32(30)26-9-2-1-3-10-26;1-23(2)24(3,4)28-25(27-23)17-14-15-22-20(16-17)19-12-8-9-13-21(19)26(22)18-10-6-5-7-11-18;13-11-6-4-9(5-7-11)10-2-1-3-12(14)8-10/h1-20H;5-16H,1-4H3;1-8H. The maximum absolute atomic E-state index is 6.27. The zero-order valence-corrected chi connectivity index (χ0v) is 46.8. The van der Waals surface area contributed by atoms with Gasteiger partial charge in [0, 0.05) is 45.4 Å². The molecule has 12 aromatic rings. The van der Waals surface area contributed by atoms with Crippen LogP contribution in [0.25, 0.3) is 88.4 Å². The van der Waals surface area contributed by atoms with Gasteiger partial charge in [-0.3, -0.25) is 0 Å². The topological polar surface area (TPSA) is 28.3 Å². The number of fused-ring (bicyclic) bond motifs is 6. The van der Waals surface area contributed by atoms with Crippen LogP contribution < -0.4 is 5.46 Å². The van der Waals surface area contributed by atoms with Gasteiger partial charge >= 0.3 is 7.12 Å². The van der Waals surface area contributed by atoms with Gasteiger partial charge in [-0.2, -0.15) is 0 Å². The molecule has 0 spiro atoms. The van der Waals surface area contributed by atoms with Gasteiger partial charge in [-0.15, -0.1) is 0 Å². The van der Waals surface area contributed by atoms with Gasteiger partial charge in [-0.05, 0) is 186 Å². The van der Waals surface area contributed by atoms with E-state index in [0.717, 1.165) is 20.1 Å². The first-order valence-corrected chi connectivity index (χ1v) is 27.5. The van der Waals surface area contributed by atoms with E-state index in [1.165, 1.54) is 86.2 Å². The van der Waals surface area contributed by atoms with E-state index in [-0.39, 0.29) is 18.3 Å². The lowest BCUT2D eigenvalue weighted by atomic mass is 9.78. The van der Waals surface area contributed by atoms with Crippen molar-refractivity contribution in [1.29, 1.82) is 0 Å². The molecule has 3 heterocycles. The molecule has 4 nitrogen and oxygen atoms in total. The van der Waals surface area contributed by atoms with Gasteiger partial charge in [0.05, 0.1) is 33.3 Å². The zero-order chi connectivity index (χ0) is 51.0. The molecule has 1 saturated heterocycles. The average molecular weight is 1200 g/mol. The molecule has 13 rings (SSSR count). The minimum Gasteiger partial charge on any atom is -0.399 e. The number of halogens is 3. The molecule has 0 unspecified atom stereocenters. The van der Waals surface area contributed by atoms with Crippen LogP contribution in [0, 0.1) is 3.57 Å². The number of hydrogen-bond donors (Lipinski definition) is 0. The molecule has 10 aromatic carbocycles. The highest BCUT2D eigenvalue weighted by Gasteiger charge is 2.51. The van der Waals surface area contributed by atoms with E-state index in [2.05, 4.69) is 328 Å². The van der Waals surface area contributed by atoms with Gasteiger partial charge in [-0.1, -0.05) is 177 Å². The summed E-state index contributed by atoms with van der Waals surface area (Å²) in [6.07, 6.45) is 0. The molecule has 8 heteroatoms. The van der Waals surface area contributed by atoms with Crippen LogP contribution in [0.3, 0.4) is 0 Å². The lowest BCUT2D eigenvalue weighted by Crippen LogP contribution is -2.41. The van der Waals surface area contributed by atoms with Gasteiger partial charge in [0.15, 0.2) is 0 Å². The van der Waals surface area contributed by atoms with E-state index in [4.69, 9.17) is 9.31 Å². The van der Waals surface area contributed by atoms with Crippen molar-refractivity contribution in [3.63, 3.8) is 0 Å². The summed E-state index contributed by atoms with van der Waals surface area (Å²) in [4.78, 5) is 0. The number of rotatable bonds is 6. The zero-order valence-electron chi connectivity index (χ0n) is 41.5. The van der Waals surface area contributed by atoms with Crippen LogP contribution in [0.1, 0.15) is 27.7 Å². The summed E-state index contributed by atoms with van der Waals surface area (Å²) in [7, 11) is -0.353. The monoisotopic (exact) mass is 1200 g/mol. The molecule has 0 N–H and O–H groups in total. The van der Waals surface area contributed by atoms with Crippen molar-refractivity contribution in [3.05, 3.63) is 255 Å². The lowest BCUT2D eigenvalue weighted by molar-refractivity contribution is 0.00578. The highest BCUT2D eigenvalue weighted by Crippen LogP contribution is 2.39. The third-order valence-electron chi connectivity index (χ3n) is 14.3. The van der Waals surface area contributed by atoms with Crippen molar-refractivity contribution in [2.45, 2.75) is 38.9 Å². The van der Waals surface area contributed by atoms with E-state index in [0.29, 0.717) is 0 Å². The normalized spacial score (nSPS) is 13.7. The quantitative estimate of drug-likeness (QED) is 0.123. The van der Waals surface area contributed by atoms with Gasteiger partial charge in [0.25, 0.3) is 0 Å². The molecule has 0 aliphatic carbocycles. The second kappa shape index (κ2) is 21.0. The van der Waals surface area contributed by atoms with Crippen molar-refractivity contribution in [3.8, 4) is 44.8 Å². The largest absolute Gasteiger partial charge is 0.494 e. The van der Waals surface area contributed by atoms with Crippen molar-refractivity contribution in [1.82, 2.24) is 9.13 Å². The summed E-state index contributed by atoms with van der Waals surface area (Å²) in [5.41, 5.74) is 15.0. The van der Waals surface area contributed by atoms with E-state index in [1.54, 1.807) is 0 Å². The smallest absolute Gasteiger partial charge is 0.399 e. The Balaban J connectivity index is 0.000000128. The first kappa shape index (κ1) is 49.7. The molecule has 0 bridgehead atoms. The van der Waals surface area contributed by atoms with E-state index < -0.39 is 0 Å². The molecular formula is C66H52BBr2IN2O2. The fraction of sp³-hybridized carbons (Fsp3) is 0.0909. The molecule has 0 radical (unpaired) electrons. The highest BCUT2D eigenvalue weighted by atomic mass is 127. The first-order chi connectivity index (χ1) is 35.9. The molecule has 0 amide bonds. The van der Waals surface area contributed by atoms with Gasteiger partial charge in [0.1, 0.15) is 0 Å². The molecule has 0 atom stereocenters.